The lowest BCUT2D eigenvalue weighted by atomic mass is 10.1. The molecule has 0 saturated heterocycles. The van der Waals surface area contributed by atoms with Crippen LogP contribution in [0.15, 0.2) is 47.5 Å². The van der Waals surface area contributed by atoms with E-state index in [1.165, 1.54) is 26.4 Å². The van der Waals surface area contributed by atoms with Gasteiger partial charge in [-0.05, 0) is 42.3 Å². The number of benzene rings is 2. The third-order valence-corrected chi connectivity index (χ3v) is 6.38. The number of rotatable bonds is 3. The van der Waals surface area contributed by atoms with Gasteiger partial charge in [0.2, 0.25) is 16.0 Å². The molecule has 11 heteroatoms. The lowest BCUT2D eigenvalue weighted by Crippen LogP contribution is -2.26. The minimum atomic E-state index is -3.77. The van der Waals surface area contributed by atoms with Crippen molar-refractivity contribution in [1.82, 2.24) is 14.7 Å². The molecule has 4 bridgehead atoms. The fraction of sp³-hybridized carbons (Fsp3) is 0.238. The number of nitrogens with one attached hydrogen (secondary N) is 3. The third-order valence-electron chi connectivity index (χ3n) is 4.90. The van der Waals surface area contributed by atoms with Crippen molar-refractivity contribution in [2.75, 3.05) is 37.9 Å². The van der Waals surface area contributed by atoms with Crippen LogP contribution in [0.4, 0.5) is 21.8 Å². The van der Waals surface area contributed by atoms with Crippen LogP contribution in [-0.4, -0.2) is 45.7 Å². The van der Waals surface area contributed by atoms with Gasteiger partial charge in [-0.3, -0.25) is 0 Å². The van der Waals surface area contributed by atoms with E-state index in [2.05, 4.69) is 25.3 Å². The van der Waals surface area contributed by atoms with E-state index in [1.54, 1.807) is 30.5 Å². The predicted molar refractivity (Wildman–Crippen MR) is 119 cm³/mol. The first kappa shape index (κ1) is 21.8. The number of halogens is 1. The molecule has 2 heterocycles. The summed E-state index contributed by atoms with van der Waals surface area (Å²) in [7, 11) is -0.960. The van der Waals surface area contributed by atoms with Gasteiger partial charge in [0.1, 0.15) is 16.5 Å². The molecule has 3 N–H and O–H groups in total. The van der Waals surface area contributed by atoms with E-state index in [4.69, 9.17) is 9.47 Å². The van der Waals surface area contributed by atoms with Crippen LogP contribution in [0.2, 0.25) is 0 Å². The number of fused-ring (bicyclic) bond motifs is 4. The SMILES string of the molecule is COc1cc(-c2cnc3nc2NCCCNS(=O)(=O)c2cc(ccc2OC)N3)ccc1F. The molecule has 2 aromatic carbocycles. The summed E-state index contributed by atoms with van der Waals surface area (Å²) in [4.78, 5) is 8.93. The Hall–Kier alpha value is -3.44. The molecule has 0 fully saturated rings. The van der Waals surface area contributed by atoms with Gasteiger partial charge in [-0.15, -0.1) is 0 Å². The van der Waals surface area contributed by atoms with Crippen LogP contribution in [0.1, 0.15) is 6.42 Å². The molecular weight excluding hydrogens is 437 g/mol. The van der Waals surface area contributed by atoms with Crippen molar-refractivity contribution in [2.24, 2.45) is 0 Å². The standard InChI is InChI=1S/C21H22FN5O4S/c1-30-17-7-5-14-11-19(17)32(28,29)25-9-3-8-23-20-15(12-24-21(26-14)27-20)13-4-6-16(22)18(10-13)31-2/h4-7,10-12,25H,3,8-9H2,1-2H3,(H2,23,24,26,27). The number of ether oxygens (including phenoxy) is 2. The van der Waals surface area contributed by atoms with Crippen LogP contribution < -0.4 is 24.8 Å². The molecule has 0 unspecified atom stereocenters. The van der Waals surface area contributed by atoms with Crippen molar-refractivity contribution in [1.29, 1.82) is 0 Å². The Morgan fingerprint density at radius 2 is 1.84 bits per heavy atom. The zero-order valence-corrected chi connectivity index (χ0v) is 18.3. The summed E-state index contributed by atoms with van der Waals surface area (Å²) < 4.78 is 52.2. The van der Waals surface area contributed by atoms with Crippen LogP contribution in [-0.2, 0) is 10.0 Å². The Balaban J connectivity index is 1.77. The highest BCUT2D eigenvalue weighted by Gasteiger charge is 2.21. The molecule has 4 rings (SSSR count). The van der Waals surface area contributed by atoms with Gasteiger partial charge in [0.05, 0.1) is 14.2 Å². The van der Waals surface area contributed by atoms with E-state index in [0.29, 0.717) is 35.6 Å². The maximum absolute atomic E-state index is 13.9. The number of methoxy groups -OCH3 is 2. The minimum absolute atomic E-state index is 0.0208. The summed E-state index contributed by atoms with van der Waals surface area (Å²) in [6.07, 6.45) is 2.11. The second kappa shape index (κ2) is 8.97. The number of anilines is 3. The Kier molecular flexibility index (Phi) is 6.10. The largest absolute Gasteiger partial charge is 0.495 e. The molecule has 168 valence electrons. The maximum atomic E-state index is 13.9. The molecule has 1 aliphatic rings. The lowest BCUT2D eigenvalue weighted by molar-refractivity contribution is 0.387. The minimum Gasteiger partial charge on any atom is -0.495 e. The van der Waals surface area contributed by atoms with E-state index in [0.717, 1.165) is 0 Å². The molecule has 3 aromatic rings. The zero-order chi connectivity index (χ0) is 22.7. The van der Waals surface area contributed by atoms with Crippen molar-refractivity contribution < 1.29 is 22.3 Å². The Labute approximate surface area is 185 Å². The van der Waals surface area contributed by atoms with E-state index in [1.807, 2.05) is 0 Å². The van der Waals surface area contributed by atoms with Gasteiger partial charge in [-0.2, -0.15) is 4.98 Å². The number of nitrogens with zero attached hydrogens (tertiary/aromatic N) is 2. The highest BCUT2D eigenvalue weighted by molar-refractivity contribution is 7.89. The molecule has 0 atom stereocenters. The Morgan fingerprint density at radius 3 is 2.62 bits per heavy atom. The van der Waals surface area contributed by atoms with Crippen LogP contribution in [0.25, 0.3) is 11.1 Å². The normalized spacial score (nSPS) is 15.2. The molecule has 0 amide bonds. The number of hydrogen-bond acceptors (Lipinski definition) is 8. The van der Waals surface area contributed by atoms with E-state index in [-0.39, 0.29) is 28.9 Å². The smallest absolute Gasteiger partial charge is 0.244 e. The van der Waals surface area contributed by atoms with Crippen LogP contribution in [0.5, 0.6) is 11.5 Å². The molecule has 0 spiro atoms. The molecule has 0 aliphatic carbocycles. The van der Waals surface area contributed by atoms with Crippen molar-refractivity contribution in [3.05, 3.63) is 48.4 Å². The number of hydrogen-bond donors (Lipinski definition) is 3. The van der Waals surface area contributed by atoms with Gasteiger partial charge in [0, 0.05) is 30.5 Å². The Bertz CT molecular complexity index is 1250. The quantitative estimate of drug-likeness (QED) is 0.547. The van der Waals surface area contributed by atoms with Crippen molar-refractivity contribution >= 4 is 27.5 Å². The third kappa shape index (κ3) is 4.43. The number of aromatic nitrogens is 2. The summed E-state index contributed by atoms with van der Waals surface area (Å²) in [6, 6.07) is 9.22. The highest BCUT2D eigenvalue weighted by Crippen LogP contribution is 2.32. The second-order valence-corrected chi connectivity index (χ2v) is 8.71. The van der Waals surface area contributed by atoms with Crippen molar-refractivity contribution in [2.45, 2.75) is 11.3 Å². The molecular formula is C21H22FN5O4S. The fourth-order valence-electron chi connectivity index (χ4n) is 3.29. The maximum Gasteiger partial charge on any atom is 0.244 e. The molecule has 0 saturated carbocycles. The lowest BCUT2D eigenvalue weighted by Gasteiger charge is -2.14. The summed E-state index contributed by atoms with van der Waals surface area (Å²) in [6.45, 7) is 0.660. The summed E-state index contributed by atoms with van der Waals surface area (Å²) in [5, 5.41) is 6.24. The van der Waals surface area contributed by atoms with Gasteiger partial charge in [-0.1, -0.05) is 6.07 Å². The molecule has 1 aromatic heterocycles. The van der Waals surface area contributed by atoms with Crippen molar-refractivity contribution in [3.63, 3.8) is 0 Å². The van der Waals surface area contributed by atoms with Gasteiger partial charge in [0.25, 0.3) is 0 Å². The Morgan fingerprint density at radius 1 is 1.03 bits per heavy atom. The second-order valence-electron chi connectivity index (χ2n) is 6.97. The first-order valence-corrected chi connectivity index (χ1v) is 11.3. The summed E-state index contributed by atoms with van der Waals surface area (Å²) in [5.74, 6) is 0.670. The van der Waals surface area contributed by atoms with E-state index < -0.39 is 15.8 Å². The molecule has 32 heavy (non-hydrogen) atoms. The van der Waals surface area contributed by atoms with Gasteiger partial charge in [0.15, 0.2) is 11.6 Å². The van der Waals surface area contributed by atoms with E-state index >= 15 is 0 Å². The van der Waals surface area contributed by atoms with Gasteiger partial charge < -0.3 is 20.1 Å². The fourth-order valence-corrected chi connectivity index (χ4v) is 4.56. The molecule has 1 aliphatic heterocycles. The average molecular weight is 460 g/mol. The topological polar surface area (TPSA) is 114 Å². The predicted octanol–water partition coefficient (Wildman–Crippen LogP) is 3.14. The van der Waals surface area contributed by atoms with Crippen LogP contribution in [0.3, 0.4) is 0 Å². The zero-order valence-electron chi connectivity index (χ0n) is 17.5. The first-order chi connectivity index (χ1) is 15.4. The summed E-state index contributed by atoms with van der Waals surface area (Å²) in [5.41, 5.74) is 1.81. The van der Waals surface area contributed by atoms with E-state index in [9.17, 15) is 12.8 Å². The van der Waals surface area contributed by atoms with Crippen molar-refractivity contribution in [3.8, 4) is 22.6 Å². The molecule has 9 nitrogen and oxygen atoms in total. The highest BCUT2D eigenvalue weighted by atomic mass is 32.2. The van der Waals surface area contributed by atoms with Crippen LogP contribution >= 0.6 is 0 Å². The summed E-state index contributed by atoms with van der Waals surface area (Å²) >= 11 is 0. The molecule has 0 radical (unpaired) electrons. The van der Waals surface area contributed by atoms with Gasteiger partial charge >= 0.3 is 0 Å². The van der Waals surface area contributed by atoms with Gasteiger partial charge in [-0.25, -0.2) is 22.5 Å². The van der Waals surface area contributed by atoms with Crippen LogP contribution in [0, 0.1) is 5.82 Å². The first-order valence-electron chi connectivity index (χ1n) is 9.81. The number of sulfonamides is 1. The monoisotopic (exact) mass is 459 g/mol. The average Bonchev–Trinajstić information content (AvgIpc) is 2.79.